The molecule has 14 heavy (non-hydrogen) atoms. The molecule has 80 valence electrons. The number of hydrogen-bond donors (Lipinski definition) is 1. The van der Waals surface area contributed by atoms with Gasteiger partial charge in [0.1, 0.15) is 0 Å². The van der Waals surface area contributed by atoms with Crippen molar-refractivity contribution in [2.45, 2.75) is 45.6 Å². The zero-order valence-electron chi connectivity index (χ0n) is 9.20. The van der Waals surface area contributed by atoms with Gasteiger partial charge in [0.2, 0.25) is 0 Å². The minimum absolute atomic E-state index is 0.389. The third kappa shape index (κ3) is 3.81. The highest BCUT2D eigenvalue weighted by Crippen LogP contribution is 2.15. The van der Waals surface area contributed by atoms with E-state index in [1.807, 2.05) is 11.3 Å². The molecule has 0 fully saturated rings. The molecule has 2 N–H and O–H groups in total. The summed E-state index contributed by atoms with van der Waals surface area (Å²) in [6.45, 7) is 4.46. The fourth-order valence-corrected chi connectivity index (χ4v) is 2.31. The third-order valence-corrected chi connectivity index (χ3v) is 3.85. The average molecular weight is 211 g/mol. The molecule has 2 heteroatoms. The van der Waals surface area contributed by atoms with Crippen molar-refractivity contribution in [3.05, 3.63) is 22.4 Å². The monoisotopic (exact) mass is 211 g/mol. The lowest BCUT2D eigenvalue weighted by atomic mass is 9.95. The van der Waals surface area contributed by atoms with E-state index in [4.69, 9.17) is 5.73 Å². The van der Waals surface area contributed by atoms with Gasteiger partial charge in [-0.1, -0.05) is 26.3 Å². The van der Waals surface area contributed by atoms with Crippen LogP contribution in [-0.4, -0.2) is 6.04 Å². The van der Waals surface area contributed by atoms with E-state index >= 15 is 0 Å². The molecule has 0 aromatic carbocycles. The van der Waals surface area contributed by atoms with Crippen molar-refractivity contribution in [1.29, 1.82) is 0 Å². The van der Waals surface area contributed by atoms with Gasteiger partial charge < -0.3 is 5.73 Å². The lowest BCUT2D eigenvalue weighted by Gasteiger charge is -2.17. The van der Waals surface area contributed by atoms with Crippen LogP contribution < -0.4 is 5.73 Å². The van der Waals surface area contributed by atoms with Crippen LogP contribution in [0.3, 0.4) is 0 Å². The molecule has 0 radical (unpaired) electrons. The predicted octanol–water partition coefficient (Wildman–Crippen LogP) is 3.44. The normalized spacial score (nSPS) is 15.4. The summed E-state index contributed by atoms with van der Waals surface area (Å²) in [7, 11) is 0. The fraction of sp³-hybridized carbons (Fsp3) is 0.667. The molecule has 0 aliphatic carbocycles. The van der Waals surface area contributed by atoms with E-state index < -0.39 is 0 Å². The number of rotatable bonds is 6. The van der Waals surface area contributed by atoms with Gasteiger partial charge in [-0.05, 0) is 36.6 Å². The topological polar surface area (TPSA) is 26.0 Å². The molecule has 1 rings (SSSR count). The highest BCUT2D eigenvalue weighted by molar-refractivity contribution is 7.09. The van der Waals surface area contributed by atoms with Crippen LogP contribution in [0.25, 0.3) is 0 Å². The first-order valence-corrected chi connectivity index (χ1v) is 6.40. The third-order valence-electron chi connectivity index (χ3n) is 2.92. The lowest BCUT2D eigenvalue weighted by Crippen LogP contribution is -2.27. The zero-order valence-corrected chi connectivity index (χ0v) is 10.0. The summed E-state index contributed by atoms with van der Waals surface area (Å²) in [6, 6.07) is 4.72. The van der Waals surface area contributed by atoms with Crippen LogP contribution in [0.5, 0.6) is 0 Å². The standard InChI is InChI=1S/C12H21NS/c1-3-10(2)12(13)8-4-6-11-7-5-9-14-11/h5,7,9-10,12H,3-4,6,8,13H2,1-2H3. The molecule has 0 aliphatic rings. The SMILES string of the molecule is CCC(C)C(N)CCCc1cccs1. The predicted molar refractivity (Wildman–Crippen MR) is 64.7 cm³/mol. The Labute approximate surface area is 91.3 Å². The molecule has 1 heterocycles. The Kier molecular flexibility index (Phi) is 5.20. The molecule has 0 spiro atoms. The fourth-order valence-electron chi connectivity index (χ4n) is 1.55. The maximum absolute atomic E-state index is 6.07. The van der Waals surface area contributed by atoms with Gasteiger partial charge in [0.05, 0.1) is 0 Å². The van der Waals surface area contributed by atoms with E-state index in [-0.39, 0.29) is 0 Å². The Morgan fingerprint density at radius 2 is 2.29 bits per heavy atom. The molecule has 0 bridgehead atoms. The van der Waals surface area contributed by atoms with E-state index in [0.29, 0.717) is 12.0 Å². The molecule has 2 atom stereocenters. The van der Waals surface area contributed by atoms with Crippen LogP contribution in [0.2, 0.25) is 0 Å². The smallest absolute Gasteiger partial charge is 0.00645 e. The Bertz CT molecular complexity index is 230. The highest BCUT2D eigenvalue weighted by Gasteiger charge is 2.09. The lowest BCUT2D eigenvalue weighted by molar-refractivity contribution is 0.412. The van der Waals surface area contributed by atoms with Gasteiger partial charge in [-0.2, -0.15) is 0 Å². The first-order valence-electron chi connectivity index (χ1n) is 5.52. The van der Waals surface area contributed by atoms with Crippen molar-refractivity contribution in [2.75, 3.05) is 0 Å². The second-order valence-electron chi connectivity index (χ2n) is 4.02. The molecule has 1 nitrogen and oxygen atoms in total. The summed E-state index contributed by atoms with van der Waals surface area (Å²) in [4.78, 5) is 1.49. The molecule has 2 unspecified atom stereocenters. The van der Waals surface area contributed by atoms with E-state index in [1.54, 1.807) is 0 Å². The second-order valence-corrected chi connectivity index (χ2v) is 5.05. The summed E-state index contributed by atoms with van der Waals surface area (Å²) in [6.07, 6.45) is 4.78. The van der Waals surface area contributed by atoms with Crippen molar-refractivity contribution >= 4 is 11.3 Å². The van der Waals surface area contributed by atoms with E-state index in [2.05, 4.69) is 31.4 Å². The number of thiophene rings is 1. The van der Waals surface area contributed by atoms with Gasteiger partial charge in [-0.25, -0.2) is 0 Å². The van der Waals surface area contributed by atoms with Gasteiger partial charge in [0.15, 0.2) is 0 Å². The quantitative estimate of drug-likeness (QED) is 0.766. The van der Waals surface area contributed by atoms with E-state index in [0.717, 1.165) is 6.42 Å². The second kappa shape index (κ2) is 6.20. The van der Waals surface area contributed by atoms with Crippen LogP contribution in [0.15, 0.2) is 17.5 Å². The first kappa shape index (κ1) is 11.7. The largest absolute Gasteiger partial charge is 0.327 e. The summed E-state index contributed by atoms with van der Waals surface area (Å²) >= 11 is 1.85. The molecule has 0 aliphatic heterocycles. The van der Waals surface area contributed by atoms with Crippen molar-refractivity contribution < 1.29 is 0 Å². The molecular formula is C12H21NS. The maximum atomic E-state index is 6.07. The van der Waals surface area contributed by atoms with Crippen molar-refractivity contribution in [1.82, 2.24) is 0 Å². The number of hydrogen-bond acceptors (Lipinski definition) is 2. The molecule has 1 aromatic rings. The summed E-state index contributed by atoms with van der Waals surface area (Å²) in [5.74, 6) is 0.665. The van der Waals surface area contributed by atoms with Crippen molar-refractivity contribution in [2.24, 2.45) is 11.7 Å². The summed E-state index contributed by atoms with van der Waals surface area (Å²) in [5, 5.41) is 2.14. The minimum atomic E-state index is 0.389. The first-order chi connectivity index (χ1) is 6.74. The Balaban J connectivity index is 2.15. The van der Waals surface area contributed by atoms with E-state index in [9.17, 15) is 0 Å². The molecule has 1 aromatic heterocycles. The average Bonchev–Trinajstić information content (AvgIpc) is 2.69. The van der Waals surface area contributed by atoms with Gasteiger partial charge in [-0.3, -0.25) is 0 Å². The Morgan fingerprint density at radius 1 is 1.50 bits per heavy atom. The minimum Gasteiger partial charge on any atom is -0.327 e. The summed E-state index contributed by atoms with van der Waals surface area (Å²) in [5.41, 5.74) is 6.07. The summed E-state index contributed by atoms with van der Waals surface area (Å²) < 4.78 is 0. The van der Waals surface area contributed by atoms with Crippen LogP contribution in [0, 0.1) is 5.92 Å². The molecular weight excluding hydrogens is 190 g/mol. The molecule has 0 saturated carbocycles. The molecule has 0 saturated heterocycles. The van der Waals surface area contributed by atoms with Gasteiger partial charge in [-0.15, -0.1) is 11.3 Å². The van der Waals surface area contributed by atoms with Gasteiger partial charge >= 0.3 is 0 Å². The van der Waals surface area contributed by atoms with Crippen LogP contribution in [0.1, 0.15) is 38.0 Å². The Morgan fingerprint density at radius 3 is 2.86 bits per heavy atom. The van der Waals surface area contributed by atoms with Crippen LogP contribution in [0.4, 0.5) is 0 Å². The highest BCUT2D eigenvalue weighted by atomic mass is 32.1. The van der Waals surface area contributed by atoms with Gasteiger partial charge in [0.25, 0.3) is 0 Å². The number of nitrogens with two attached hydrogens (primary N) is 1. The van der Waals surface area contributed by atoms with E-state index in [1.165, 1.54) is 24.1 Å². The Hall–Kier alpha value is -0.340. The van der Waals surface area contributed by atoms with Crippen molar-refractivity contribution in [3.8, 4) is 0 Å². The maximum Gasteiger partial charge on any atom is 0.00645 e. The van der Waals surface area contributed by atoms with Crippen molar-refractivity contribution in [3.63, 3.8) is 0 Å². The number of aryl methyl sites for hydroxylation is 1. The molecule has 0 amide bonds. The van der Waals surface area contributed by atoms with Crippen LogP contribution >= 0.6 is 11.3 Å². The van der Waals surface area contributed by atoms with Crippen LogP contribution in [-0.2, 0) is 6.42 Å². The zero-order chi connectivity index (χ0) is 10.4. The van der Waals surface area contributed by atoms with Gasteiger partial charge in [0, 0.05) is 10.9 Å².